The van der Waals surface area contributed by atoms with E-state index in [0.717, 1.165) is 41.2 Å². The summed E-state index contributed by atoms with van der Waals surface area (Å²) in [5, 5.41) is 6.59. The van der Waals surface area contributed by atoms with Crippen LogP contribution in [0.15, 0.2) is 46.0 Å². The quantitative estimate of drug-likeness (QED) is 0.298. The van der Waals surface area contributed by atoms with Gasteiger partial charge in [-0.1, -0.05) is 22.0 Å². The zero-order valence-corrected chi connectivity index (χ0v) is 19.7. The molecule has 0 aliphatic carbocycles. The van der Waals surface area contributed by atoms with E-state index in [4.69, 9.17) is 9.47 Å². The van der Waals surface area contributed by atoms with Crippen LogP contribution in [0.4, 0.5) is 0 Å². The summed E-state index contributed by atoms with van der Waals surface area (Å²) in [6.07, 6.45) is 2.65. The summed E-state index contributed by atoms with van der Waals surface area (Å²) in [4.78, 5) is 8.98. The van der Waals surface area contributed by atoms with Crippen molar-refractivity contribution < 1.29 is 9.47 Å². The van der Waals surface area contributed by atoms with Crippen molar-refractivity contribution in [2.24, 2.45) is 4.99 Å². The molecule has 1 heterocycles. The van der Waals surface area contributed by atoms with Crippen LogP contribution in [0.2, 0.25) is 0 Å². The summed E-state index contributed by atoms with van der Waals surface area (Å²) in [6, 6.07) is 9.77. The van der Waals surface area contributed by atoms with Crippen molar-refractivity contribution in [1.29, 1.82) is 0 Å². The smallest absolute Gasteiger partial charge is 0.191 e. The Morgan fingerprint density at radius 3 is 2.52 bits per heavy atom. The summed E-state index contributed by atoms with van der Waals surface area (Å²) in [5.41, 5.74) is 2.07. The van der Waals surface area contributed by atoms with Crippen LogP contribution in [0.1, 0.15) is 18.2 Å². The minimum Gasteiger partial charge on any atom is -0.493 e. The lowest BCUT2D eigenvalue weighted by molar-refractivity contribution is 0.354. The van der Waals surface area contributed by atoms with Crippen LogP contribution in [0.3, 0.4) is 0 Å². The lowest BCUT2D eigenvalue weighted by Crippen LogP contribution is -2.38. The number of rotatable bonds is 8. The van der Waals surface area contributed by atoms with E-state index < -0.39 is 0 Å². The van der Waals surface area contributed by atoms with Gasteiger partial charge in [0.15, 0.2) is 17.5 Å². The fourth-order valence-corrected chi connectivity index (χ4v) is 2.83. The first kappa shape index (κ1) is 23.5. The number of guanidine groups is 1. The van der Waals surface area contributed by atoms with Gasteiger partial charge in [-0.2, -0.15) is 0 Å². The predicted octanol–water partition coefficient (Wildman–Crippen LogP) is 3.78. The molecule has 0 atom stereocenters. The molecular formula is C19H26BrIN4O2. The number of nitrogens with one attached hydrogen (secondary N) is 2. The maximum Gasteiger partial charge on any atom is 0.191 e. The van der Waals surface area contributed by atoms with Crippen LogP contribution in [-0.4, -0.2) is 38.3 Å². The van der Waals surface area contributed by atoms with Gasteiger partial charge in [-0.25, -0.2) is 4.99 Å². The fourth-order valence-electron chi connectivity index (χ4n) is 2.38. The van der Waals surface area contributed by atoms with Crippen molar-refractivity contribution in [3.05, 3.63) is 52.3 Å². The number of methoxy groups -OCH3 is 2. The summed E-state index contributed by atoms with van der Waals surface area (Å²) >= 11 is 3.57. The Bertz CT molecular complexity index is 729. The number of aliphatic imine (C=N–C) groups is 1. The highest BCUT2D eigenvalue weighted by molar-refractivity contribution is 14.0. The van der Waals surface area contributed by atoms with Crippen LogP contribution in [-0.2, 0) is 13.0 Å². The van der Waals surface area contributed by atoms with Crippen molar-refractivity contribution in [1.82, 2.24) is 15.6 Å². The van der Waals surface area contributed by atoms with Crippen molar-refractivity contribution in [2.45, 2.75) is 19.9 Å². The molecule has 1 aromatic heterocycles. The molecule has 0 unspecified atom stereocenters. The Hall–Kier alpha value is -1.55. The summed E-state index contributed by atoms with van der Waals surface area (Å²) < 4.78 is 11.6. The van der Waals surface area contributed by atoms with Crippen molar-refractivity contribution in [3.63, 3.8) is 0 Å². The minimum absolute atomic E-state index is 0. The molecule has 0 bridgehead atoms. The van der Waals surface area contributed by atoms with Gasteiger partial charge in [-0.15, -0.1) is 24.0 Å². The van der Waals surface area contributed by atoms with Crippen LogP contribution in [0.25, 0.3) is 0 Å². The predicted molar refractivity (Wildman–Crippen MR) is 123 cm³/mol. The average molecular weight is 549 g/mol. The molecule has 2 N–H and O–H groups in total. The van der Waals surface area contributed by atoms with Crippen LogP contribution >= 0.6 is 39.9 Å². The van der Waals surface area contributed by atoms with Crippen LogP contribution < -0.4 is 20.1 Å². The SMILES string of the molecule is CCNC(=NCc1cc(OC)c(OC)cc1Br)NCCc1ccccn1.I. The highest BCUT2D eigenvalue weighted by Gasteiger charge is 2.09. The number of ether oxygens (including phenoxy) is 2. The maximum absolute atomic E-state index is 5.37. The highest BCUT2D eigenvalue weighted by atomic mass is 127. The Labute approximate surface area is 186 Å². The second-order valence-corrected chi connectivity index (χ2v) is 6.35. The van der Waals surface area contributed by atoms with Gasteiger partial charge in [0.1, 0.15) is 0 Å². The molecule has 0 aliphatic rings. The number of pyridine rings is 1. The zero-order chi connectivity index (χ0) is 18.8. The number of aromatic nitrogens is 1. The van der Waals surface area contributed by atoms with E-state index in [1.165, 1.54) is 0 Å². The molecular weight excluding hydrogens is 523 g/mol. The second kappa shape index (κ2) is 12.8. The molecule has 0 fully saturated rings. The Morgan fingerprint density at radius 2 is 1.89 bits per heavy atom. The van der Waals surface area contributed by atoms with E-state index in [1.807, 2.05) is 43.5 Å². The maximum atomic E-state index is 5.37. The van der Waals surface area contributed by atoms with Gasteiger partial charge in [0, 0.05) is 35.9 Å². The third-order valence-electron chi connectivity index (χ3n) is 3.70. The molecule has 0 aliphatic heterocycles. The zero-order valence-electron chi connectivity index (χ0n) is 15.8. The van der Waals surface area contributed by atoms with Crippen LogP contribution in [0.5, 0.6) is 11.5 Å². The first-order valence-electron chi connectivity index (χ1n) is 8.50. The minimum atomic E-state index is 0. The molecule has 8 heteroatoms. The summed E-state index contributed by atoms with van der Waals surface area (Å²) in [5.74, 6) is 2.15. The average Bonchev–Trinajstić information content (AvgIpc) is 2.67. The molecule has 0 saturated carbocycles. The van der Waals surface area contributed by atoms with E-state index in [2.05, 4.69) is 36.5 Å². The van der Waals surface area contributed by atoms with Gasteiger partial charge >= 0.3 is 0 Å². The fraction of sp³-hybridized carbons (Fsp3) is 0.368. The van der Waals surface area contributed by atoms with Crippen LogP contribution in [0, 0.1) is 0 Å². The Kier molecular flexibility index (Phi) is 11.1. The molecule has 2 rings (SSSR count). The topological polar surface area (TPSA) is 67.8 Å². The highest BCUT2D eigenvalue weighted by Crippen LogP contribution is 2.33. The van der Waals surface area contributed by atoms with Gasteiger partial charge in [0.05, 0.1) is 20.8 Å². The van der Waals surface area contributed by atoms with E-state index in [9.17, 15) is 0 Å². The molecule has 27 heavy (non-hydrogen) atoms. The lowest BCUT2D eigenvalue weighted by Gasteiger charge is -2.13. The van der Waals surface area contributed by atoms with E-state index in [0.29, 0.717) is 18.0 Å². The van der Waals surface area contributed by atoms with E-state index >= 15 is 0 Å². The van der Waals surface area contributed by atoms with Crippen molar-refractivity contribution in [2.75, 3.05) is 27.3 Å². The number of nitrogens with zero attached hydrogens (tertiary/aromatic N) is 2. The number of hydrogen-bond acceptors (Lipinski definition) is 4. The third-order valence-corrected chi connectivity index (χ3v) is 4.44. The standard InChI is InChI=1S/C19H25BrN4O2.HI/c1-4-21-19(23-10-8-15-7-5-6-9-22-15)24-13-14-11-17(25-2)18(26-3)12-16(14)20;/h5-7,9,11-12H,4,8,10,13H2,1-3H3,(H2,21,23,24);1H. The first-order valence-corrected chi connectivity index (χ1v) is 9.29. The van der Waals surface area contributed by atoms with E-state index in [1.54, 1.807) is 14.2 Å². The molecule has 0 saturated heterocycles. The number of benzene rings is 1. The van der Waals surface area contributed by atoms with E-state index in [-0.39, 0.29) is 24.0 Å². The largest absolute Gasteiger partial charge is 0.493 e. The molecule has 148 valence electrons. The van der Waals surface area contributed by atoms with Gasteiger partial charge in [0.25, 0.3) is 0 Å². The van der Waals surface area contributed by atoms with Gasteiger partial charge in [0.2, 0.25) is 0 Å². The Morgan fingerprint density at radius 1 is 1.15 bits per heavy atom. The molecule has 0 amide bonds. The summed E-state index contributed by atoms with van der Waals surface area (Å²) in [6.45, 7) is 4.11. The second-order valence-electron chi connectivity index (χ2n) is 5.49. The van der Waals surface area contributed by atoms with Crippen molar-refractivity contribution in [3.8, 4) is 11.5 Å². The van der Waals surface area contributed by atoms with Gasteiger partial charge < -0.3 is 20.1 Å². The molecule has 0 spiro atoms. The molecule has 0 radical (unpaired) electrons. The number of halogens is 2. The van der Waals surface area contributed by atoms with Gasteiger partial charge in [-0.3, -0.25) is 4.98 Å². The lowest BCUT2D eigenvalue weighted by atomic mass is 10.2. The molecule has 6 nitrogen and oxygen atoms in total. The number of hydrogen-bond donors (Lipinski definition) is 2. The third kappa shape index (κ3) is 7.53. The molecule has 2 aromatic rings. The van der Waals surface area contributed by atoms with Crippen molar-refractivity contribution >= 4 is 45.9 Å². The normalized spacial score (nSPS) is 10.7. The Balaban J connectivity index is 0.00000364. The monoisotopic (exact) mass is 548 g/mol. The van der Waals surface area contributed by atoms with Gasteiger partial charge in [-0.05, 0) is 36.8 Å². The first-order chi connectivity index (χ1) is 12.7. The molecule has 1 aromatic carbocycles. The summed E-state index contributed by atoms with van der Waals surface area (Å²) in [7, 11) is 3.25.